The highest BCUT2D eigenvalue weighted by Crippen LogP contribution is 2.25. The lowest BCUT2D eigenvalue weighted by atomic mass is 10.2. The van der Waals surface area contributed by atoms with Gasteiger partial charge >= 0.3 is 6.03 Å². The summed E-state index contributed by atoms with van der Waals surface area (Å²) in [7, 11) is 0. The summed E-state index contributed by atoms with van der Waals surface area (Å²) in [6, 6.07) is 23.7. The summed E-state index contributed by atoms with van der Waals surface area (Å²) in [5.41, 5.74) is 2.39. The van der Waals surface area contributed by atoms with Crippen LogP contribution in [-0.2, 0) is 4.79 Å². The molecule has 166 valence electrons. The predicted molar refractivity (Wildman–Crippen MR) is 129 cm³/mol. The first-order chi connectivity index (χ1) is 15.4. The maximum Gasteiger partial charge on any atom is 0.326 e. The molecule has 32 heavy (non-hydrogen) atoms. The second-order valence-electron chi connectivity index (χ2n) is 6.95. The fourth-order valence-electron chi connectivity index (χ4n) is 2.86. The number of urea groups is 1. The first-order valence-corrected chi connectivity index (χ1v) is 10.8. The van der Waals surface area contributed by atoms with Crippen molar-refractivity contribution >= 4 is 46.5 Å². The van der Waals surface area contributed by atoms with Crippen molar-refractivity contribution in [2.45, 2.75) is 11.8 Å². The number of halogens is 2. The third-order valence-electron chi connectivity index (χ3n) is 4.51. The number of alkyl halides is 2. The number of hydrogen-bond donors (Lipinski definition) is 2. The molecule has 0 spiro atoms. The number of ether oxygens (including phenoxy) is 1. The van der Waals surface area contributed by atoms with Crippen LogP contribution in [0.2, 0.25) is 0 Å². The van der Waals surface area contributed by atoms with E-state index < -0.39 is 10.7 Å². The minimum atomic E-state index is -1.17. The minimum absolute atomic E-state index is 0.179. The number of rotatable bonds is 8. The van der Waals surface area contributed by atoms with Crippen molar-refractivity contribution < 1.29 is 14.3 Å². The third-order valence-corrected chi connectivity index (χ3v) is 4.90. The minimum Gasteiger partial charge on any atom is -0.457 e. The number of carbonyl (C=O) groups excluding carboxylic acids is 2. The highest BCUT2D eigenvalue weighted by atomic mass is 35.5. The van der Waals surface area contributed by atoms with Crippen molar-refractivity contribution in [3.05, 3.63) is 84.4 Å². The molecule has 6 nitrogen and oxygen atoms in total. The van der Waals surface area contributed by atoms with Gasteiger partial charge in [-0.3, -0.25) is 9.69 Å². The second kappa shape index (κ2) is 11.4. The topological polar surface area (TPSA) is 70.7 Å². The molecule has 0 saturated heterocycles. The molecule has 3 aromatic carbocycles. The van der Waals surface area contributed by atoms with Crippen molar-refractivity contribution in [3.63, 3.8) is 0 Å². The summed E-state index contributed by atoms with van der Waals surface area (Å²) in [5.74, 6) is 0.840. The van der Waals surface area contributed by atoms with Crippen LogP contribution < -0.4 is 20.3 Å². The van der Waals surface area contributed by atoms with Crippen LogP contribution in [0, 0.1) is 6.92 Å². The zero-order valence-corrected chi connectivity index (χ0v) is 18.9. The molecule has 0 aliphatic heterocycles. The van der Waals surface area contributed by atoms with Crippen molar-refractivity contribution in [3.8, 4) is 11.5 Å². The smallest absolute Gasteiger partial charge is 0.326 e. The predicted octanol–water partition coefficient (Wildman–Crippen LogP) is 5.75. The Morgan fingerprint density at radius 2 is 1.53 bits per heavy atom. The van der Waals surface area contributed by atoms with E-state index in [4.69, 9.17) is 27.9 Å². The van der Waals surface area contributed by atoms with Gasteiger partial charge in [0.2, 0.25) is 0 Å². The van der Waals surface area contributed by atoms with E-state index in [1.807, 2.05) is 61.5 Å². The molecule has 0 aliphatic rings. The van der Waals surface area contributed by atoms with Gasteiger partial charge in [0.15, 0.2) is 4.84 Å². The van der Waals surface area contributed by atoms with Crippen LogP contribution in [0.5, 0.6) is 11.5 Å². The van der Waals surface area contributed by atoms with Crippen molar-refractivity contribution in [2.75, 3.05) is 23.3 Å². The summed E-state index contributed by atoms with van der Waals surface area (Å²) in [6.07, 6.45) is 0. The van der Waals surface area contributed by atoms with Crippen LogP contribution in [0.4, 0.5) is 16.2 Å². The molecule has 0 fully saturated rings. The number of para-hydroxylation sites is 1. The molecular weight excluding hydrogens is 449 g/mol. The molecule has 2 N–H and O–H groups in total. The van der Waals surface area contributed by atoms with E-state index in [-0.39, 0.29) is 19.1 Å². The lowest BCUT2D eigenvalue weighted by molar-refractivity contribution is -0.119. The number of carbonyl (C=O) groups is 2. The molecule has 0 aliphatic carbocycles. The van der Waals surface area contributed by atoms with Gasteiger partial charge in [0.25, 0.3) is 5.91 Å². The average molecular weight is 472 g/mol. The van der Waals surface area contributed by atoms with Crippen LogP contribution in [0.15, 0.2) is 78.9 Å². The first-order valence-electron chi connectivity index (χ1n) is 9.96. The largest absolute Gasteiger partial charge is 0.457 e. The number of nitrogens with one attached hydrogen (secondary N) is 2. The van der Waals surface area contributed by atoms with Gasteiger partial charge < -0.3 is 15.4 Å². The van der Waals surface area contributed by atoms with E-state index in [0.717, 1.165) is 5.56 Å². The maximum atomic E-state index is 13.0. The number of anilines is 2. The van der Waals surface area contributed by atoms with Gasteiger partial charge in [-0.15, -0.1) is 0 Å². The molecular formula is C24H23Cl2N3O3. The molecule has 3 rings (SSSR count). The summed E-state index contributed by atoms with van der Waals surface area (Å²) in [4.78, 5) is 25.0. The first kappa shape index (κ1) is 23.4. The summed E-state index contributed by atoms with van der Waals surface area (Å²) in [5, 5.41) is 5.48. The Kier molecular flexibility index (Phi) is 8.36. The summed E-state index contributed by atoms with van der Waals surface area (Å²) in [6.45, 7) is 2.36. The van der Waals surface area contributed by atoms with Crippen LogP contribution in [0.1, 0.15) is 5.56 Å². The van der Waals surface area contributed by atoms with Gasteiger partial charge in [0.1, 0.15) is 11.5 Å². The lowest BCUT2D eigenvalue weighted by Crippen LogP contribution is -2.42. The second-order valence-corrected chi connectivity index (χ2v) is 8.04. The molecule has 0 saturated carbocycles. The zero-order valence-electron chi connectivity index (χ0n) is 17.4. The van der Waals surface area contributed by atoms with Gasteiger partial charge in [-0.2, -0.15) is 0 Å². The Balaban J connectivity index is 1.73. The molecule has 3 amide bonds. The molecule has 0 atom stereocenters. The van der Waals surface area contributed by atoms with Crippen molar-refractivity contribution in [1.29, 1.82) is 0 Å². The van der Waals surface area contributed by atoms with Crippen LogP contribution >= 0.6 is 23.2 Å². The zero-order chi connectivity index (χ0) is 22.9. The average Bonchev–Trinajstić information content (AvgIpc) is 2.79. The normalized spacial score (nSPS) is 10.5. The van der Waals surface area contributed by atoms with Gasteiger partial charge in [0.05, 0.1) is 0 Å². The Bertz CT molecular complexity index is 1030. The number of hydrogen-bond acceptors (Lipinski definition) is 3. The number of nitrogens with zero attached hydrogens (tertiary/aromatic N) is 1. The van der Waals surface area contributed by atoms with E-state index >= 15 is 0 Å². The van der Waals surface area contributed by atoms with Gasteiger partial charge in [-0.05, 0) is 55.5 Å². The fraction of sp³-hybridized carbons (Fsp3) is 0.167. The van der Waals surface area contributed by atoms with E-state index in [2.05, 4.69) is 10.6 Å². The Labute approximate surface area is 197 Å². The molecule has 0 radical (unpaired) electrons. The number of aryl methyl sites for hydroxylation is 1. The summed E-state index contributed by atoms with van der Waals surface area (Å²) >= 11 is 11.1. The molecule has 0 bridgehead atoms. The van der Waals surface area contributed by atoms with E-state index in [1.54, 1.807) is 24.3 Å². The molecule has 8 heteroatoms. The molecule has 3 aromatic rings. The monoisotopic (exact) mass is 471 g/mol. The molecule has 0 heterocycles. The highest BCUT2D eigenvalue weighted by Gasteiger charge is 2.18. The maximum absolute atomic E-state index is 13.0. The van der Waals surface area contributed by atoms with Crippen molar-refractivity contribution in [2.24, 2.45) is 0 Å². The quantitative estimate of drug-likeness (QED) is 0.411. The lowest BCUT2D eigenvalue weighted by Gasteiger charge is -2.24. The standard InChI is InChI=1S/C24H23Cl2N3O3/c1-17-7-9-18(10-8-17)28-24(31)29(16-15-27-23(30)22(25)26)19-11-13-21(14-12-19)32-20-5-3-2-4-6-20/h2-14,22H,15-16H2,1H3,(H,27,30)(H,28,31). The van der Waals surface area contributed by atoms with Crippen molar-refractivity contribution in [1.82, 2.24) is 5.32 Å². The Morgan fingerprint density at radius 1 is 0.906 bits per heavy atom. The van der Waals surface area contributed by atoms with Gasteiger partial charge in [0, 0.05) is 24.5 Å². The number of amides is 3. The fourth-order valence-corrected chi connectivity index (χ4v) is 3.02. The van der Waals surface area contributed by atoms with Crippen LogP contribution in [-0.4, -0.2) is 29.9 Å². The third kappa shape index (κ3) is 6.90. The highest BCUT2D eigenvalue weighted by molar-refractivity contribution is 6.53. The van der Waals surface area contributed by atoms with E-state index in [9.17, 15) is 9.59 Å². The Morgan fingerprint density at radius 3 is 2.16 bits per heavy atom. The van der Waals surface area contributed by atoms with Gasteiger partial charge in [-0.25, -0.2) is 4.79 Å². The SMILES string of the molecule is Cc1ccc(NC(=O)N(CCNC(=O)C(Cl)Cl)c2ccc(Oc3ccccc3)cc2)cc1. The molecule has 0 aromatic heterocycles. The molecule has 0 unspecified atom stereocenters. The Hall–Kier alpha value is -3.22. The van der Waals surface area contributed by atoms with E-state index in [0.29, 0.717) is 22.9 Å². The van der Waals surface area contributed by atoms with Gasteiger partial charge in [-0.1, -0.05) is 59.1 Å². The summed E-state index contributed by atoms with van der Waals surface area (Å²) < 4.78 is 5.81. The van der Waals surface area contributed by atoms with Crippen LogP contribution in [0.3, 0.4) is 0 Å². The number of benzene rings is 3. The van der Waals surface area contributed by atoms with E-state index in [1.165, 1.54) is 4.90 Å². The van der Waals surface area contributed by atoms with Crippen LogP contribution in [0.25, 0.3) is 0 Å².